The molecule has 8 heteroatoms. The maximum atomic E-state index is 12.9. The van der Waals surface area contributed by atoms with E-state index < -0.39 is 35.8 Å². The van der Waals surface area contributed by atoms with Gasteiger partial charge in [0.05, 0.1) is 11.6 Å². The molecule has 2 amide bonds. The van der Waals surface area contributed by atoms with Gasteiger partial charge in [-0.3, -0.25) is 4.79 Å². The van der Waals surface area contributed by atoms with Gasteiger partial charge in [-0.25, -0.2) is 4.79 Å². The van der Waals surface area contributed by atoms with Gasteiger partial charge in [-0.1, -0.05) is 36.4 Å². The van der Waals surface area contributed by atoms with Gasteiger partial charge in [0.1, 0.15) is 6.04 Å². The van der Waals surface area contributed by atoms with Crippen LogP contribution in [0.3, 0.4) is 0 Å². The zero-order valence-corrected chi connectivity index (χ0v) is 15.0. The number of amides is 2. The maximum absolute atomic E-state index is 12.9. The van der Waals surface area contributed by atoms with Crippen molar-refractivity contribution in [3.05, 3.63) is 70.8 Å². The number of rotatable bonds is 3. The van der Waals surface area contributed by atoms with E-state index in [1.54, 1.807) is 6.07 Å². The van der Waals surface area contributed by atoms with Gasteiger partial charge in [0, 0.05) is 6.54 Å². The SMILES string of the molecule is CC(NC(=O)N1CCc2ccccc2C1c1ccc(C(F)(F)F)cc1)C(=O)O. The van der Waals surface area contributed by atoms with Crippen molar-refractivity contribution in [2.24, 2.45) is 0 Å². The number of nitrogens with zero attached hydrogens (tertiary/aromatic N) is 1. The van der Waals surface area contributed by atoms with Gasteiger partial charge in [-0.05, 0) is 42.2 Å². The molecule has 28 heavy (non-hydrogen) atoms. The van der Waals surface area contributed by atoms with E-state index in [0.29, 0.717) is 18.5 Å². The molecule has 0 spiro atoms. The fraction of sp³-hybridized carbons (Fsp3) is 0.300. The maximum Gasteiger partial charge on any atom is 0.416 e. The molecular weight excluding hydrogens is 373 g/mol. The summed E-state index contributed by atoms with van der Waals surface area (Å²) in [5.74, 6) is -1.17. The van der Waals surface area contributed by atoms with Crippen LogP contribution < -0.4 is 5.32 Å². The Balaban J connectivity index is 1.99. The molecule has 0 saturated heterocycles. The number of carbonyl (C=O) groups is 2. The summed E-state index contributed by atoms with van der Waals surface area (Å²) in [6.45, 7) is 1.67. The molecule has 0 aromatic heterocycles. The van der Waals surface area contributed by atoms with E-state index in [1.165, 1.54) is 24.0 Å². The highest BCUT2D eigenvalue weighted by atomic mass is 19.4. The van der Waals surface area contributed by atoms with Crippen LogP contribution in [0.1, 0.15) is 35.2 Å². The van der Waals surface area contributed by atoms with Crippen LogP contribution in [-0.2, 0) is 17.4 Å². The monoisotopic (exact) mass is 392 g/mol. The van der Waals surface area contributed by atoms with Gasteiger partial charge in [0.2, 0.25) is 0 Å². The van der Waals surface area contributed by atoms with Crippen LogP contribution in [0, 0.1) is 0 Å². The first-order chi connectivity index (χ1) is 13.2. The Morgan fingerprint density at radius 2 is 1.79 bits per heavy atom. The summed E-state index contributed by atoms with van der Waals surface area (Å²) in [5.41, 5.74) is 1.57. The van der Waals surface area contributed by atoms with Gasteiger partial charge in [0.15, 0.2) is 0 Å². The lowest BCUT2D eigenvalue weighted by atomic mass is 9.88. The summed E-state index contributed by atoms with van der Waals surface area (Å²) < 4.78 is 38.7. The average Bonchev–Trinajstić information content (AvgIpc) is 2.66. The van der Waals surface area contributed by atoms with Crippen molar-refractivity contribution in [3.63, 3.8) is 0 Å². The Bertz CT molecular complexity index is 881. The molecule has 1 heterocycles. The second-order valence-corrected chi connectivity index (χ2v) is 6.67. The lowest BCUT2D eigenvalue weighted by Gasteiger charge is -2.38. The standard InChI is InChI=1S/C20H19F3N2O3/c1-12(18(26)27)24-19(28)25-11-10-13-4-2-3-5-16(13)17(25)14-6-8-15(9-7-14)20(21,22)23/h2-9,12,17H,10-11H2,1H3,(H,24,28)(H,26,27). The Kier molecular flexibility index (Phi) is 5.31. The summed E-state index contributed by atoms with van der Waals surface area (Å²) in [6.07, 6.45) is -3.88. The number of carboxylic acid groups (broad SMARTS) is 1. The van der Waals surface area contributed by atoms with Crippen molar-refractivity contribution in [2.45, 2.75) is 31.6 Å². The molecule has 0 fully saturated rings. The summed E-state index contributed by atoms with van der Waals surface area (Å²) in [5, 5.41) is 11.5. The molecular formula is C20H19F3N2O3. The van der Waals surface area contributed by atoms with Crippen LogP contribution >= 0.6 is 0 Å². The second-order valence-electron chi connectivity index (χ2n) is 6.67. The van der Waals surface area contributed by atoms with Gasteiger partial charge >= 0.3 is 18.2 Å². The minimum absolute atomic E-state index is 0.320. The molecule has 2 N–H and O–H groups in total. The molecule has 1 aliphatic rings. The number of aliphatic carboxylic acids is 1. The third-order valence-electron chi connectivity index (χ3n) is 4.81. The van der Waals surface area contributed by atoms with Gasteiger partial charge in [-0.15, -0.1) is 0 Å². The van der Waals surface area contributed by atoms with Crippen LogP contribution in [0.4, 0.5) is 18.0 Å². The number of urea groups is 1. The highest BCUT2D eigenvalue weighted by Gasteiger charge is 2.34. The topological polar surface area (TPSA) is 69.6 Å². The van der Waals surface area contributed by atoms with Gasteiger partial charge in [-0.2, -0.15) is 13.2 Å². The summed E-state index contributed by atoms with van der Waals surface area (Å²) in [7, 11) is 0. The third kappa shape index (κ3) is 3.95. The fourth-order valence-corrected chi connectivity index (χ4v) is 3.33. The molecule has 0 aliphatic carbocycles. The Morgan fingerprint density at radius 1 is 1.14 bits per heavy atom. The number of nitrogens with one attached hydrogen (secondary N) is 1. The van der Waals surface area contributed by atoms with E-state index in [4.69, 9.17) is 5.11 Å². The van der Waals surface area contributed by atoms with Crippen LogP contribution in [-0.4, -0.2) is 34.6 Å². The molecule has 0 saturated carbocycles. The smallest absolute Gasteiger partial charge is 0.416 e. The van der Waals surface area contributed by atoms with E-state index in [-0.39, 0.29) is 0 Å². The van der Waals surface area contributed by atoms with Crippen LogP contribution in [0.5, 0.6) is 0 Å². The van der Waals surface area contributed by atoms with Gasteiger partial charge < -0.3 is 15.3 Å². The van der Waals surface area contributed by atoms with Crippen molar-refractivity contribution in [2.75, 3.05) is 6.54 Å². The molecule has 2 aromatic carbocycles. The number of hydrogen-bond donors (Lipinski definition) is 2. The third-order valence-corrected chi connectivity index (χ3v) is 4.81. The fourth-order valence-electron chi connectivity index (χ4n) is 3.33. The quantitative estimate of drug-likeness (QED) is 0.834. The molecule has 2 aromatic rings. The molecule has 3 rings (SSSR count). The second kappa shape index (κ2) is 7.53. The normalized spacial score (nSPS) is 17.6. The number of alkyl halides is 3. The number of carboxylic acids is 1. The van der Waals surface area contributed by atoms with Crippen LogP contribution in [0.15, 0.2) is 48.5 Å². The molecule has 2 unspecified atom stereocenters. The van der Waals surface area contributed by atoms with E-state index in [1.807, 2.05) is 18.2 Å². The Labute approximate surface area is 159 Å². The number of carbonyl (C=O) groups excluding carboxylic acids is 1. The van der Waals surface area contributed by atoms with Crippen molar-refractivity contribution >= 4 is 12.0 Å². The van der Waals surface area contributed by atoms with Crippen molar-refractivity contribution in [1.29, 1.82) is 0 Å². The molecule has 0 bridgehead atoms. The summed E-state index contributed by atoms with van der Waals surface area (Å²) in [6, 6.07) is 9.85. The van der Waals surface area contributed by atoms with E-state index in [9.17, 15) is 22.8 Å². The summed E-state index contributed by atoms with van der Waals surface area (Å²) in [4.78, 5) is 25.2. The van der Waals surface area contributed by atoms with E-state index >= 15 is 0 Å². The first kappa shape index (κ1) is 19.7. The molecule has 0 radical (unpaired) electrons. The minimum Gasteiger partial charge on any atom is -0.480 e. The van der Waals surface area contributed by atoms with Crippen molar-refractivity contribution < 1.29 is 27.9 Å². The molecule has 1 aliphatic heterocycles. The minimum atomic E-state index is -4.45. The van der Waals surface area contributed by atoms with Crippen LogP contribution in [0.2, 0.25) is 0 Å². The van der Waals surface area contributed by atoms with Crippen LogP contribution in [0.25, 0.3) is 0 Å². The lowest BCUT2D eigenvalue weighted by molar-refractivity contribution is -0.139. The van der Waals surface area contributed by atoms with E-state index in [2.05, 4.69) is 5.32 Å². The molecule has 5 nitrogen and oxygen atoms in total. The number of fused-ring (bicyclic) bond motifs is 1. The number of benzene rings is 2. The highest BCUT2D eigenvalue weighted by molar-refractivity contribution is 5.83. The number of halogens is 3. The van der Waals surface area contributed by atoms with Crippen molar-refractivity contribution in [1.82, 2.24) is 10.2 Å². The Morgan fingerprint density at radius 3 is 2.39 bits per heavy atom. The lowest BCUT2D eigenvalue weighted by Crippen LogP contribution is -2.50. The predicted molar refractivity (Wildman–Crippen MR) is 95.8 cm³/mol. The zero-order valence-electron chi connectivity index (χ0n) is 15.0. The Hall–Kier alpha value is -3.03. The molecule has 148 valence electrons. The first-order valence-electron chi connectivity index (χ1n) is 8.73. The molecule has 2 atom stereocenters. The van der Waals surface area contributed by atoms with Crippen molar-refractivity contribution in [3.8, 4) is 0 Å². The number of hydrogen-bond acceptors (Lipinski definition) is 2. The predicted octanol–water partition coefficient (Wildman–Crippen LogP) is 3.84. The highest BCUT2D eigenvalue weighted by Crippen LogP contribution is 2.37. The summed E-state index contributed by atoms with van der Waals surface area (Å²) >= 11 is 0. The van der Waals surface area contributed by atoms with Gasteiger partial charge in [0.25, 0.3) is 0 Å². The average molecular weight is 392 g/mol. The first-order valence-corrected chi connectivity index (χ1v) is 8.73. The zero-order chi connectivity index (χ0) is 20.5. The van der Waals surface area contributed by atoms with E-state index in [0.717, 1.165) is 23.3 Å². The largest absolute Gasteiger partial charge is 0.480 e.